The van der Waals surface area contributed by atoms with E-state index in [9.17, 15) is 4.79 Å². The Morgan fingerprint density at radius 1 is 0.639 bits per heavy atom. The van der Waals surface area contributed by atoms with E-state index in [1.54, 1.807) is 4.90 Å². The van der Waals surface area contributed by atoms with Gasteiger partial charge in [-0.1, -0.05) is 78.4 Å². The van der Waals surface area contributed by atoms with Crippen LogP contribution in [0.15, 0.2) is 83.8 Å². The van der Waals surface area contributed by atoms with E-state index in [-0.39, 0.29) is 5.24 Å². The van der Waals surface area contributed by atoms with Gasteiger partial charge >= 0.3 is 0 Å². The minimum Gasteiger partial charge on any atom is -0.339 e. The summed E-state index contributed by atoms with van der Waals surface area (Å²) in [4.78, 5) is 16.0. The normalized spacial score (nSPS) is 11.3. The van der Waals surface area contributed by atoms with Crippen LogP contribution in [0, 0.1) is 27.7 Å². The SMILES string of the molecule is Cc1cc(C)c(-c2cc3ccccc3c(-c3c(C)ccc4ccccc34)c2SC(=O)N(C)C)c(C)c1. The number of aryl methyl sites for hydroxylation is 4. The minimum absolute atomic E-state index is 0.0214. The number of benzene rings is 5. The molecule has 0 aromatic heterocycles. The number of carbonyl (C=O) groups is 1. The van der Waals surface area contributed by atoms with Gasteiger partial charge in [0, 0.05) is 24.6 Å². The third-order valence-electron chi connectivity index (χ3n) is 6.89. The van der Waals surface area contributed by atoms with Gasteiger partial charge in [-0.3, -0.25) is 4.79 Å². The number of thioether (sulfide) groups is 1. The monoisotopic (exact) mass is 489 g/mol. The predicted molar refractivity (Wildman–Crippen MR) is 156 cm³/mol. The van der Waals surface area contributed by atoms with Crippen molar-refractivity contribution in [3.05, 3.63) is 101 Å². The first kappa shape index (κ1) is 24.1. The van der Waals surface area contributed by atoms with E-state index in [2.05, 4.69) is 107 Å². The van der Waals surface area contributed by atoms with E-state index >= 15 is 0 Å². The fourth-order valence-electron chi connectivity index (χ4n) is 5.36. The highest BCUT2D eigenvalue weighted by atomic mass is 32.2. The zero-order valence-corrected chi connectivity index (χ0v) is 22.6. The molecule has 0 aliphatic carbocycles. The standard InChI is InChI=1S/C33H31NOS/c1-20-17-22(3)29(23(4)18-20)28-19-25-12-8-10-14-27(25)31(32(28)36-33(35)34(5)6)30-21(2)15-16-24-11-7-9-13-26(24)30/h7-19H,1-6H3. The van der Waals surface area contributed by atoms with Crippen LogP contribution in [0.5, 0.6) is 0 Å². The molecule has 0 radical (unpaired) electrons. The molecule has 1 amide bonds. The molecule has 0 aliphatic rings. The molecule has 0 unspecified atom stereocenters. The fourth-order valence-corrected chi connectivity index (χ4v) is 6.31. The summed E-state index contributed by atoms with van der Waals surface area (Å²) in [5, 5.41) is 4.77. The van der Waals surface area contributed by atoms with Crippen molar-refractivity contribution >= 4 is 38.5 Å². The topological polar surface area (TPSA) is 20.3 Å². The molecule has 2 nitrogen and oxygen atoms in total. The smallest absolute Gasteiger partial charge is 0.285 e. The van der Waals surface area contributed by atoms with Gasteiger partial charge in [0.25, 0.3) is 5.24 Å². The lowest BCUT2D eigenvalue weighted by atomic mass is 9.86. The van der Waals surface area contributed by atoms with Crippen molar-refractivity contribution in [1.29, 1.82) is 0 Å². The first-order valence-corrected chi connectivity index (χ1v) is 13.1. The van der Waals surface area contributed by atoms with Crippen LogP contribution in [-0.4, -0.2) is 24.2 Å². The molecule has 0 heterocycles. The van der Waals surface area contributed by atoms with Gasteiger partial charge in [0.05, 0.1) is 0 Å². The molecule has 0 saturated heterocycles. The third-order valence-corrected chi connectivity index (χ3v) is 8.06. The Morgan fingerprint density at radius 2 is 1.22 bits per heavy atom. The number of hydrogen-bond donors (Lipinski definition) is 0. The molecule has 0 aliphatic heterocycles. The molecule has 0 bridgehead atoms. The van der Waals surface area contributed by atoms with Crippen molar-refractivity contribution in [2.75, 3.05) is 14.1 Å². The average Bonchev–Trinajstić information content (AvgIpc) is 2.84. The van der Waals surface area contributed by atoms with E-state index < -0.39 is 0 Å². The number of nitrogens with zero attached hydrogens (tertiary/aromatic N) is 1. The molecule has 5 aromatic rings. The van der Waals surface area contributed by atoms with Crippen LogP contribution in [0.3, 0.4) is 0 Å². The summed E-state index contributed by atoms with van der Waals surface area (Å²) in [6.45, 7) is 8.67. The quantitative estimate of drug-likeness (QED) is 0.235. The second-order valence-corrected chi connectivity index (χ2v) is 10.8. The predicted octanol–water partition coefficient (Wildman–Crippen LogP) is 9.33. The van der Waals surface area contributed by atoms with Gasteiger partial charge in [0.15, 0.2) is 0 Å². The summed E-state index contributed by atoms with van der Waals surface area (Å²) in [7, 11) is 3.64. The molecule has 5 aromatic carbocycles. The lowest BCUT2D eigenvalue weighted by Crippen LogP contribution is -2.16. The van der Waals surface area contributed by atoms with E-state index in [1.807, 2.05) is 14.1 Å². The molecular formula is C33H31NOS. The Bertz CT molecular complexity index is 1620. The van der Waals surface area contributed by atoms with Gasteiger partial charge in [0.1, 0.15) is 0 Å². The number of fused-ring (bicyclic) bond motifs is 2. The Hall–Kier alpha value is -3.56. The van der Waals surface area contributed by atoms with Crippen LogP contribution >= 0.6 is 11.8 Å². The maximum absolute atomic E-state index is 13.3. The summed E-state index contributed by atoms with van der Waals surface area (Å²) in [5.41, 5.74) is 9.56. The van der Waals surface area contributed by atoms with Gasteiger partial charge in [-0.15, -0.1) is 0 Å². The molecule has 0 spiro atoms. The fraction of sp³-hybridized carbons (Fsp3) is 0.182. The minimum atomic E-state index is 0.0214. The molecule has 0 fully saturated rings. The maximum atomic E-state index is 13.3. The Kier molecular flexibility index (Phi) is 6.36. The van der Waals surface area contributed by atoms with Crippen LogP contribution in [-0.2, 0) is 0 Å². The molecule has 0 atom stereocenters. The molecule has 0 saturated carbocycles. The van der Waals surface area contributed by atoms with Crippen molar-refractivity contribution < 1.29 is 4.79 Å². The summed E-state index contributed by atoms with van der Waals surface area (Å²) >= 11 is 1.34. The van der Waals surface area contributed by atoms with Gasteiger partial charge in [-0.05, 0) is 100 Å². The highest BCUT2D eigenvalue weighted by Crippen LogP contribution is 2.48. The Labute approximate surface area is 218 Å². The zero-order chi connectivity index (χ0) is 25.6. The van der Waals surface area contributed by atoms with E-state index in [0.29, 0.717) is 0 Å². The van der Waals surface area contributed by atoms with Crippen LogP contribution in [0.1, 0.15) is 22.3 Å². The lowest BCUT2D eigenvalue weighted by molar-refractivity contribution is 0.241. The number of rotatable bonds is 3. The molecule has 36 heavy (non-hydrogen) atoms. The maximum Gasteiger partial charge on any atom is 0.285 e. The van der Waals surface area contributed by atoms with Crippen molar-refractivity contribution in [1.82, 2.24) is 4.90 Å². The molecule has 3 heteroatoms. The largest absolute Gasteiger partial charge is 0.339 e. The van der Waals surface area contributed by atoms with Gasteiger partial charge in [0.2, 0.25) is 0 Å². The van der Waals surface area contributed by atoms with E-state index in [0.717, 1.165) is 21.4 Å². The Balaban J connectivity index is 2.00. The molecular weight excluding hydrogens is 458 g/mol. The van der Waals surface area contributed by atoms with E-state index in [4.69, 9.17) is 0 Å². The second kappa shape index (κ2) is 9.48. The van der Waals surface area contributed by atoms with Crippen LogP contribution < -0.4 is 0 Å². The van der Waals surface area contributed by atoms with Crippen LogP contribution in [0.2, 0.25) is 0 Å². The molecule has 180 valence electrons. The van der Waals surface area contributed by atoms with Crippen molar-refractivity contribution in [2.24, 2.45) is 0 Å². The summed E-state index contributed by atoms with van der Waals surface area (Å²) < 4.78 is 0. The zero-order valence-electron chi connectivity index (χ0n) is 21.8. The molecule has 5 rings (SSSR count). The third kappa shape index (κ3) is 4.18. The highest BCUT2D eigenvalue weighted by molar-refractivity contribution is 8.13. The van der Waals surface area contributed by atoms with E-state index in [1.165, 1.54) is 61.3 Å². The van der Waals surface area contributed by atoms with Gasteiger partial charge in [-0.2, -0.15) is 0 Å². The van der Waals surface area contributed by atoms with Crippen LogP contribution in [0.4, 0.5) is 4.79 Å². The molecule has 0 N–H and O–H groups in total. The second-order valence-electron chi connectivity index (χ2n) is 9.86. The number of hydrogen-bond acceptors (Lipinski definition) is 2. The van der Waals surface area contributed by atoms with Crippen LogP contribution in [0.25, 0.3) is 43.8 Å². The van der Waals surface area contributed by atoms with Crippen molar-refractivity contribution in [3.8, 4) is 22.3 Å². The number of carbonyl (C=O) groups excluding carboxylic acids is 1. The summed E-state index contributed by atoms with van der Waals surface area (Å²) in [5.74, 6) is 0. The summed E-state index contributed by atoms with van der Waals surface area (Å²) in [6, 6.07) is 28.2. The Morgan fingerprint density at radius 3 is 1.86 bits per heavy atom. The van der Waals surface area contributed by atoms with Gasteiger partial charge in [-0.25, -0.2) is 0 Å². The van der Waals surface area contributed by atoms with Gasteiger partial charge < -0.3 is 4.90 Å². The first-order valence-electron chi connectivity index (χ1n) is 12.3. The first-order chi connectivity index (χ1) is 17.3. The average molecular weight is 490 g/mol. The van der Waals surface area contributed by atoms with Crippen molar-refractivity contribution in [2.45, 2.75) is 32.6 Å². The highest BCUT2D eigenvalue weighted by Gasteiger charge is 2.24. The summed E-state index contributed by atoms with van der Waals surface area (Å²) in [6.07, 6.45) is 0. The lowest BCUT2D eigenvalue weighted by Gasteiger charge is -2.23. The van der Waals surface area contributed by atoms with Crippen molar-refractivity contribution in [3.63, 3.8) is 0 Å². The number of amides is 1.